The molecular formula is C21H18F4N2O3. The van der Waals surface area contributed by atoms with Gasteiger partial charge in [0.1, 0.15) is 11.9 Å². The number of nitrogens with zero attached hydrogens (tertiary/aromatic N) is 1. The van der Waals surface area contributed by atoms with Gasteiger partial charge >= 0.3 is 12.1 Å². The van der Waals surface area contributed by atoms with Crippen LogP contribution in [0.4, 0.5) is 17.6 Å². The summed E-state index contributed by atoms with van der Waals surface area (Å²) in [5.74, 6) is -2.32. The van der Waals surface area contributed by atoms with Gasteiger partial charge in [-0.2, -0.15) is 13.2 Å². The molecule has 1 unspecified atom stereocenters. The van der Waals surface area contributed by atoms with E-state index >= 15 is 0 Å². The van der Waals surface area contributed by atoms with Crippen LogP contribution in [0.2, 0.25) is 0 Å². The highest BCUT2D eigenvalue weighted by Gasteiger charge is 2.31. The molecule has 0 fully saturated rings. The highest BCUT2D eigenvalue weighted by atomic mass is 19.4. The summed E-state index contributed by atoms with van der Waals surface area (Å²) in [5.41, 5.74) is 6.59. The van der Waals surface area contributed by atoms with E-state index < -0.39 is 29.7 Å². The lowest BCUT2D eigenvalue weighted by atomic mass is 10.1. The van der Waals surface area contributed by atoms with Crippen molar-refractivity contribution in [3.63, 3.8) is 0 Å². The van der Waals surface area contributed by atoms with Gasteiger partial charge in [-0.1, -0.05) is 12.1 Å². The standard InChI is InChI=1S/C21H18F4N2O3/c1-12-2-8-16(20(28)29)19(26)27(12)11-13-3-6-15(7-4-13)30-18-9-5-14(10-17(18)22)21(23,24)25/h2-10,19H,11,26H2,1H3,(H,28,29). The zero-order valence-electron chi connectivity index (χ0n) is 15.8. The molecule has 1 aliphatic rings. The molecule has 0 amide bonds. The van der Waals surface area contributed by atoms with Gasteiger partial charge in [-0.3, -0.25) is 0 Å². The first-order valence-corrected chi connectivity index (χ1v) is 8.84. The third-order valence-corrected chi connectivity index (χ3v) is 4.62. The Hall–Kier alpha value is -3.33. The van der Waals surface area contributed by atoms with Crippen molar-refractivity contribution in [3.8, 4) is 11.5 Å². The smallest absolute Gasteiger partial charge is 0.416 e. The number of aliphatic carboxylic acids is 1. The minimum Gasteiger partial charge on any atom is -0.478 e. The number of alkyl halides is 3. The minimum absolute atomic E-state index is 0.0679. The lowest BCUT2D eigenvalue weighted by molar-refractivity contribution is -0.138. The zero-order chi connectivity index (χ0) is 22.1. The molecule has 9 heteroatoms. The van der Waals surface area contributed by atoms with Crippen molar-refractivity contribution >= 4 is 5.97 Å². The molecular weight excluding hydrogens is 404 g/mol. The maximum Gasteiger partial charge on any atom is 0.416 e. The van der Waals surface area contributed by atoms with Crippen molar-refractivity contribution in [3.05, 3.63) is 82.8 Å². The van der Waals surface area contributed by atoms with Crippen LogP contribution in [-0.4, -0.2) is 22.1 Å². The number of hydrogen-bond donors (Lipinski definition) is 2. The average Bonchev–Trinajstić information content (AvgIpc) is 2.67. The second-order valence-corrected chi connectivity index (χ2v) is 6.70. The Morgan fingerprint density at radius 3 is 2.40 bits per heavy atom. The molecule has 5 nitrogen and oxygen atoms in total. The van der Waals surface area contributed by atoms with E-state index in [0.717, 1.165) is 23.4 Å². The molecule has 1 heterocycles. The van der Waals surface area contributed by atoms with E-state index in [1.54, 1.807) is 30.0 Å². The Morgan fingerprint density at radius 1 is 1.17 bits per heavy atom. The second kappa shape index (κ2) is 8.19. The van der Waals surface area contributed by atoms with Crippen molar-refractivity contribution in [1.82, 2.24) is 4.90 Å². The Kier molecular flexibility index (Phi) is 5.84. The molecule has 0 radical (unpaired) electrons. The number of carboxylic acid groups (broad SMARTS) is 1. The van der Waals surface area contributed by atoms with Gasteiger partial charge in [-0.25, -0.2) is 9.18 Å². The summed E-state index contributed by atoms with van der Waals surface area (Å²) in [6.45, 7) is 2.13. The monoisotopic (exact) mass is 422 g/mol. The van der Waals surface area contributed by atoms with E-state index in [-0.39, 0.29) is 17.1 Å². The van der Waals surface area contributed by atoms with Gasteiger partial charge in [-0.15, -0.1) is 0 Å². The predicted octanol–water partition coefficient (Wildman–Crippen LogP) is 4.65. The summed E-state index contributed by atoms with van der Waals surface area (Å²) < 4.78 is 57.2. The molecule has 30 heavy (non-hydrogen) atoms. The first-order valence-electron chi connectivity index (χ1n) is 8.84. The maximum atomic E-state index is 13.9. The summed E-state index contributed by atoms with van der Waals surface area (Å²) in [6, 6.07) is 8.47. The molecule has 0 bridgehead atoms. The highest BCUT2D eigenvalue weighted by Crippen LogP contribution is 2.33. The molecule has 0 aromatic heterocycles. The number of ether oxygens (including phenoxy) is 1. The predicted molar refractivity (Wildman–Crippen MR) is 101 cm³/mol. The summed E-state index contributed by atoms with van der Waals surface area (Å²) in [4.78, 5) is 13.0. The number of rotatable bonds is 5. The molecule has 0 aliphatic carbocycles. The molecule has 1 atom stereocenters. The fourth-order valence-electron chi connectivity index (χ4n) is 2.96. The molecule has 3 rings (SSSR count). The summed E-state index contributed by atoms with van der Waals surface area (Å²) in [5, 5.41) is 9.23. The number of hydrogen-bond acceptors (Lipinski definition) is 4. The van der Waals surface area contributed by atoms with Crippen molar-refractivity contribution in [1.29, 1.82) is 0 Å². The van der Waals surface area contributed by atoms with Gasteiger partial charge < -0.3 is 20.5 Å². The van der Waals surface area contributed by atoms with E-state index in [0.29, 0.717) is 12.6 Å². The Morgan fingerprint density at radius 2 is 1.83 bits per heavy atom. The van der Waals surface area contributed by atoms with Crippen molar-refractivity contribution in [2.75, 3.05) is 0 Å². The van der Waals surface area contributed by atoms with Crippen LogP contribution in [0, 0.1) is 5.82 Å². The van der Waals surface area contributed by atoms with E-state index in [2.05, 4.69) is 0 Å². The minimum atomic E-state index is -4.64. The lowest BCUT2D eigenvalue weighted by Gasteiger charge is -2.34. The normalized spacial score (nSPS) is 16.7. The van der Waals surface area contributed by atoms with Gasteiger partial charge in [0.05, 0.1) is 11.1 Å². The third-order valence-electron chi connectivity index (χ3n) is 4.62. The first kappa shape index (κ1) is 21.4. The molecule has 1 aliphatic heterocycles. The van der Waals surface area contributed by atoms with Gasteiger partial charge in [-0.05, 0) is 55.0 Å². The molecule has 0 saturated carbocycles. The molecule has 2 aromatic carbocycles. The number of halogens is 4. The number of benzene rings is 2. The van der Waals surface area contributed by atoms with Crippen molar-refractivity contribution in [2.24, 2.45) is 5.73 Å². The second-order valence-electron chi connectivity index (χ2n) is 6.70. The van der Waals surface area contributed by atoms with Crippen LogP contribution >= 0.6 is 0 Å². The fourth-order valence-corrected chi connectivity index (χ4v) is 2.96. The summed E-state index contributed by atoms with van der Waals surface area (Å²) >= 11 is 0. The topological polar surface area (TPSA) is 75.8 Å². The SMILES string of the molecule is CC1=CC=C(C(=O)O)C(N)N1Cc1ccc(Oc2ccc(C(F)(F)F)cc2F)cc1. The number of carboxylic acids is 1. The zero-order valence-corrected chi connectivity index (χ0v) is 15.8. The van der Waals surface area contributed by atoms with E-state index in [9.17, 15) is 27.5 Å². The lowest BCUT2D eigenvalue weighted by Crippen LogP contribution is -2.45. The number of carbonyl (C=O) groups is 1. The van der Waals surface area contributed by atoms with Crippen LogP contribution in [0.3, 0.4) is 0 Å². The van der Waals surface area contributed by atoms with Crippen LogP contribution in [0.25, 0.3) is 0 Å². The number of allylic oxidation sites excluding steroid dienone is 3. The van der Waals surface area contributed by atoms with Crippen LogP contribution in [0.5, 0.6) is 11.5 Å². The quantitative estimate of drug-likeness (QED) is 0.686. The van der Waals surface area contributed by atoms with Gasteiger partial charge in [0, 0.05) is 12.2 Å². The van der Waals surface area contributed by atoms with E-state index in [4.69, 9.17) is 10.5 Å². The van der Waals surface area contributed by atoms with Crippen LogP contribution < -0.4 is 10.5 Å². The Labute approximate surface area is 169 Å². The fraction of sp³-hybridized carbons (Fsp3) is 0.190. The van der Waals surface area contributed by atoms with E-state index in [1.165, 1.54) is 18.2 Å². The molecule has 0 spiro atoms. The molecule has 3 N–H and O–H groups in total. The van der Waals surface area contributed by atoms with Crippen LogP contribution in [-0.2, 0) is 17.5 Å². The molecule has 0 saturated heterocycles. The average molecular weight is 422 g/mol. The van der Waals surface area contributed by atoms with Gasteiger partial charge in [0.15, 0.2) is 11.6 Å². The molecule has 2 aromatic rings. The van der Waals surface area contributed by atoms with Crippen LogP contribution in [0.1, 0.15) is 18.1 Å². The highest BCUT2D eigenvalue weighted by molar-refractivity contribution is 5.88. The number of nitrogens with two attached hydrogens (primary N) is 1. The summed E-state index contributed by atoms with van der Waals surface area (Å²) in [6.07, 6.45) is -2.32. The largest absolute Gasteiger partial charge is 0.478 e. The Balaban J connectivity index is 1.71. The Bertz CT molecular complexity index is 1010. The van der Waals surface area contributed by atoms with Crippen molar-refractivity contribution < 1.29 is 32.2 Å². The van der Waals surface area contributed by atoms with Gasteiger partial charge in [0.25, 0.3) is 0 Å². The van der Waals surface area contributed by atoms with Crippen molar-refractivity contribution in [2.45, 2.75) is 25.8 Å². The maximum absolute atomic E-state index is 13.9. The molecule has 158 valence electrons. The first-order chi connectivity index (χ1) is 14.1. The van der Waals surface area contributed by atoms with E-state index in [1.807, 2.05) is 0 Å². The third kappa shape index (κ3) is 4.62. The summed E-state index contributed by atoms with van der Waals surface area (Å²) in [7, 11) is 0. The van der Waals surface area contributed by atoms with Gasteiger partial charge in [0.2, 0.25) is 0 Å². The van der Waals surface area contributed by atoms with Crippen LogP contribution in [0.15, 0.2) is 65.9 Å².